The standard InChI is InChI=1S/C36H41F9N4O5S/c1-4-48(19-22-5-6-23(15-32(51)52)31(50)11-22)30-8-7-26(34(37,38)39)14-25(30)20-49(33-46-17-29(18-47-33)54-9-10-55(3)53)21(2)24-12-27(35(40,41)42)16-28(13-24)36(43,44)45/h7-8,12-14,16-18,21-23,31,50H,4-6,9-11,15,19-20H2,1-3H3,(H,51,52)/t21-,22-,23+,31+,55?/m0/s1. The Labute approximate surface area is 314 Å². The van der Waals surface area contributed by atoms with Crippen LogP contribution in [0.1, 0.15) is 73.4 Å². The molecule has 1 aliphatic carbocycles. The van der Waals surface area contributed by atoms with Gasteiger partial charge in [0.05, 0.1) is 60.0 Å². The van der Waals surface area contributed by atoms with Gasteiger partial charge in [-0.05, 0) is 92.5 Å². The smallest absolute Gasteiger partial charge is 0.416 e. The highest BCUT2D eigenvalue weighted by Crippen LogP contribution is 2.41. The lowest BCUT2D eigenvalue weighted by atomic mass is 9.78. The minimum Gasteiger partial charge on any atom is -0.489 e. The van der Waals surface area contributed by atoms with Gasteiger partial charge in [0.1, 0.15) is 0 Å². The highest BCUT2D eigenvalue weighted by molar-refractivity contribution is 7.84. The van der Waals surface area contributed by atoms with E-state index in [4.69, 9.17) is 4.74 Å². The number of hydrogen-bond donors (Lipinski definition) is 2. The summed E-state index contributed by atoms with van der Waals surface area (Å²) in [6.07, 6.45) is -11.3. The van der Waals surface area contributed by atoms with Crippen molar-refractivity contribution < 1.29 is 63.5 Å². The average Bonchev–Trinajstić information content (AvgIpc) is 3.09. The number of ether oxygens (including phenoxy) is 1. The summed E-state index contributed by atoms with van der Waals surface area (Å²) in [7, 11) is -1.19. The second-order valence-electron chi connectivity index (χ2n) is 13.5. The first-order chi connectivity index (χ1) is 25.6. The number of carboxylic acid groups (broad SMARTS) is 1. The van der Waals surface area contributed by atoms with Crippen LogP contribution in [0.15, 0.2) is 48.8 Å². The van der Waals surface area contributed by atoms with Crippen LogP contribution in [0.3, 0.4) is 0 Å². The van der Waals surface area contributed by atoms with Crippen molar-refractivity contribution in [1.29, 1.82) is 0 Å². The van der Waals surface area contributed by atoms with Gasteiger partial charge in [0.25, 0.3) is 0 Å². The van der Waals surface area contributed by atoms with E-state index in [0.717, 1.165) is 12.1 Å². The molecule has 55 heavy (non-hydrogen) atoms. The van der Waals surface area contributed by atoms with Crippen molar-refractivity contribution in [3.63, 3.8) is 0 Å². The van der Waals surface area contributed by atoms with Crippen LogP contribution in [0.5, 0.6) is 5.75 Å². The summed E-state index contributed by atoms with van der Waals surface area (Å²) < 4.78 is 143. The van der Waals surface area contributed by atoms with Crippen LogP contribution in [-0.4, -0.2) is 68.2 Å². The van der Waals surface area contributed by atoms with Gasteiger partial charge in [0.2, 0.25) is 5.95 Å². The number of aliphatic hydroxyl groups is 1. The van der Waals surface area contributed by atoms with Gasteiger partial charge in [-0.2, -0.15) is 39.5 Å². The molecule has 1 aliphatic rings. The number of nitrogens with zero attached hydrogens (tertiary/aromatic N) is 4. The number of hydrogen-bond acceptors (Lipinski definition) is 8. The molecule has 0 bridgehead atoms. The third-order valence-corrected chi connectivity index (χ3v) is 10.3. The van der Waals surface area contributed by atoms with Crippen molar-refractivity contribution in [2.24, 2.45) is 11.8 Å². The van der Waals surface area contributed by atoms with Crippen LogP contribution in [0.2, 0.25) is 0 Å². The summed E-state index contributed by atoms with van der Waals surface area (Å²) in [6, 6.07) is 2.61. The molecule has 5 atom stereocenters. The zero-order valence-electron chi connectivity index (χ0n) is 30.0. The monoisotopic (exact) mass is 812 g/mol. The molecule has 4 rings (SSSR count). The first-order valence-electron chi connectivity index (χ1n) is 17.2. The second kappa shape index (κ2) is 17.8. The third-order valence-electron chi connectivity index (χ3n) is 9.52. The average molecular weight is 813 g/mol. The molecule has 9 nitrogen and oxygen atoms in total. The van der Waals surface area contributed by atoms with Gasteiger partial charge in [-0.3, -0.25) is 9.00 Å². The lowest BCUT2D eigenvalue weighted by Crippen LogP contribution is -2.38. The number of benzene rings is 2. The minimum absolute atomic E-state index is 0.000934. The quantitative estimate of drug-likeness (QED) is 0.147. The lowest BCUT2D eigenvalue weighted by Gasteiger charge is -2.37. The van der Waals surface area contributed by atoms with E-state index >= 15 is 0 Å². The maximum atomic E-state index is 14.2. The largest absolute Gasteiger partial charge is 0.489 e. The third kappa shape index (κ3) is 11.9. The van der Waals surface area contributed by atoms with E-state index in [-0.39, 0.29) is 73.2 Å². The first kappa shape index (κ1) is 43.6. The lowest BCUT2D eigenvalue weighted by molar-refractivity contribution is -0.143. The van der Waals surface area contributed by atoms with E-state index in [1.165, 1.54) is 36.5 Å². The minimum atomic E-state index is -5.17. The molecule has 0 aliphatic heterocycles. The number of aliphatic hydroxyl groups excluding tert-OH is 1. The Morgan fingerprint density at radius 3 is 2.05 bits per heavy atom. The van der Waals surface area contributed by atoms with Crippen molar-refractivity contribution in [1.82, 2.24) is 9.97 Å². The van der Waals surface area contributed by atoms with Gasteiger partial charge in [-0.1, -0.05) is 0 Å². The maximum absolute atomic E-state index is 14.2. The van der Waals surface area contributed by atoms with Crippen molar-refractivity contribution in [3.8, 4) is 5.75 Å². The molecule has 1 saturated carbocycles. The molecule has 19 heteroatoms. The Morgan fingerprint density at radius 2 is 1.55 bits per heavy atom. The summed E-state index contributed by atoms with van der Waals surface area (Å²) in [4.78, 5) is 22.6. The highest BCUT2D eigenvalue weighted by atomic mass is 32.2. The van der Waals surface area contributed by atoms with E-state index in [9.17, 15) is 58.7 Å². The Morgan fingerprint density at radius 1 is 0.945 bits per heavy atom. The van der Waals surface area contributed by atoms with Gasteiger partial charge in [0, 0.05) is 42.4 Å². The number of carboxylic acids is 1. The predicted molar refractivity (Wildman–Crippen MR) is 186 cm³/mol. The van der Waals surface area contributed by atoms with Gasteiger partial charge in [-0.25, -0.2) is 9.97 Å². The number of anilines is 2. The molecule has 1 unspecified atom stereocenters. The van der Waals surface area contributed by atoms with Crippen LogP contribution in [0.4, 0.5) is 51.1 Å². The van der Waals surface area contributed by atoms with Gasteiger partial charge in [-0.15, -0.1) is 0 Å². The molecule has 0 radical (unpaired) electrons. The second-order valence-corrected chi connectivity index (χ2v) is 15.0. The fourth-order valence-electron chi connectivity index (χ4n) is 6.60. The van der Waals surface area contributed by atoms with Crippen LogP contribution < -0.4 is 14.5 Å². The summed E-state index contributed by atoms with van der Waals surface area (Å²) in [5, 5.41) is 19.9. The molecule has 304 valence electrons. The molecule has 2 N–H and O–H groups in total. The summed E-state index contributed by atoms with van der Waals surface area (Å²) >= 11 is 0. The molecule has 1 fully saturated rings. The molecule has 0 spiro atoms. The van der Waals surface area contributed by atoms with Crippen LogP contribution in [0.25, 0.3) is 0 Å². The van der Waals surface area contributed by atoms with Gasteiger partial charge < -0.3 is 24.7 Å². The fourth-order valence-corrected chi connectivity index (χ4v) is 6.92. The highest BCUT2D eigenvalue weighted by Gasteiger charge is 2.39. The first-order valence-corrected chi connectivity index (χ1v) is 18.9. The fraction of sp³-hybridized carbons (Fsp3) is 0.528. The molecular formula is C36H41F9N4O5S. The number of rotatable bonds is 15. The zero-order chi connectivity index (χ0) is 40.9. The number of alkyl halides is 9. The zero-order valence-corrected chi connectivity index (χ0v) is 30.8. The van der Waals surface area contributed by atoms with Crippen molar-refractivity contribution in [2.45, 2.75) is 76.8 Å². The molecule has 0 amide bonds. The molecule has 3 aromatic rings. The molecule has 1 heterocycles. The van der Waals surface area contributed by atoms with Crippen molar-refractivity contribution in [3.05, 3.63) is 76.6 Å². The van der Waals surface area contributed by atoms with Crippen molar-refractivity contribution in [2.75, 3.05) is 41.5 Å². The normalized spacial score (nSPS) is 19.1. The number of carbonyl (C=O) groups is 1. The topological polar surface area (TPSA) is 116 Å². The number of aromatic nitrogens is 2. The number of aliphatic carboxylic acids is 1. The summed E-state index contributed by atoms with van der Waals surface area (Å²) in [5.41, 5.74) is -4.41. The summed E-state index contributed by atoms with van der Waals surface area (Å²) in [5.74, 6) is -1.69. The van der Waals surface area contributed by atoms with Crippen LogP contribution in [-0.2, 0) is 40.7 Å². The van der Waals surface area contributed by atoms with E-state index in [1.54, 1.807) is 11.8 Å². The Kier molecular flexibility index (Phi) is 14.1. The van der Waals surface area contributed by atoms with Gasteiger partial charge in [0.15, 0.2) is 5.75 Å². The SMILES string of the molecule is CCN(C[C@H]1CC[C@H](CC(=O)O)[C@H](O)C1)c1ccc(C(F)(F)F)cc1CN(c1ncc(OCCS(C)=O)cn1)[C@@H](C)c1cc(C(F)(F)F)cc(C(F)(F)F)c1. The van der Waals surface area contributed by atoms with E-state index in [1.807, 2.05) is 0 Å². The Bertz CT molecular complexity index is 1760. The molecule has 2 aromatic carbocycles. The Hall–Kier alpha value is -4.13. The molecule has 0 saturated heterocycles. The van der Waals surface area contributed by atoms with Crippen molar-refractivity contribution >= 4 is 28.4 Å². The predicted octanol–water partition coefficient (Wildman–Crippen LogP) is 8.14. The molecule has 1 aromatic heterocycles. The van der Waals surface area contributed by atoms with E-state index in [2.05, 4.69) is 9.97 Å². The van der Waals surface area contributed by atoms with Gasteiger partial charge >= 0.3 is 24.5 Å². The Balaban J connectivity index is 1.81. The maximum Gasteiger partial charge on any atom is 0.416 e. The van der Waals surface area contributed by atoms with Crippen LogP contribution >= 0.6 is 0 Å². The molecular weight excluding hydrogens is 771 g/mol. The van der Waals surface area contributed by atoms with E-state index in [0.29, 0.717) is 25.0 Å². The summed E-state index contributed by atoms with van der Waals surface area (Å²) in [6.45, 7) is 3.02. The number of halogens is 9. The van der Waals surface area contributed by atoms with Crippen LogP contribution in [0, 0.1) is 11.8 Å². The van der Waals surface area contributed by atoms with E-state index < -0.39 is 82.2 Å².